The molecule has 96 valence electrons. The first kappa shape index (κ1) is 12.5. The van der Waals surface area contributed by atoms with Crippen LogP contribution in [0.25, 0.3) is 5.57 Å². The minimum Gasteiger partial charge on any atom is -0.478 e. The van der Waals surface area contributed by atoms with Crippen molar-refractivity contribution in [3.8, 4) is 0 Å². The van der Waals surface area contributed by atoms with Crippen LogP contribution in [0.3, 0.4) is 0 Å². The van der Waals surface area contributed by atoms with E-state index in [-0.39, 0.29) is 17.2 Å². The summed E-state index contributed by atoms with van der Waals surface area (Å²) in [7, 11) is 0. The van der Waals surface area contributed by atoms with Gasteiger partial charge < -0.3 is 16.2 Å². The molecule has 1 aliphatic rings. The highest BCUT2D eigenvalue weighted by Gasteiger charge is 2.16. The third-order valence-electron chi connectivity index (χ3n) is 2.37. The van der Waals surface area contributed by atoms with Gasteiger partial charge in [0.15, 0.2) is 0 Å². The summed E-state index contributed by atoms with van der Waals surface area (Å²) < 4.78 is 0. The number of hydrogen-bond acceptors (Lipinski definition) is 5. The number of carboxylic acid groups (broad SMARTS) is 1. The number of rotatable bonds is 3. The molecule has 0 spiro atoms. The van der Waals surface area contributed by atoms with E-state index in [1.165, 1.54) is 12.4 Å². The fraction of sp³-hybridized carbons (Fsp3) is 0. The molecular formula is C12H11N5O2. The quantitative estimate of drug-likeness (QED) is 0.458. The molecule has 2 rings (SSSR count). The van der Waals surface area contributed by atoms with Crippen molar-refractivity contribution >= 4 is 23.6 Å². The Hall–Kier alpha value is -2.96. The molecule has 0 saturated carbocycles. The van der Waals surface area contributed by atoms with Crippen LogP contribution >= 0.6 is 0 Å². The standard InChI is InChI=1S/C12H11N5O2/c13-10(14)9(8-3-1-2-4-15-8)11-16-5-7(6-17-11)12(18)19/h1-6,16H,(H3,13,14)(H,18,19)/b11-9+. The van der Waals surface area contributed by atoms with Gasteiger partial charge in [0.05, 0.1) is 16.8 Å². The van der Waals surface area contributed by atoms with Gasteiger partial charge in [0.25, 0.3) is 0 Å². The van der Waals surface area contributed by atoms with E-state index in [2.05, 4.69) is 15.3 Å². The number of carbonyl (C=O) groups is 1. The lowest BCUT2D eigenvalue weighted by Crippen LogP contribution is -2.22. The molecule has 1 aromatic heterocycles. The molecule has 0 aromatic carbocycles. The Morgan fingerprint density at radius 1 is 1.42 bits per heavy atom. The van der Waals surface area contributed by atoms with Gasteiger partial charge in [0.2, 0.25) is 0 Å². The van der Waals surface area contributed by atoms with E-state index in [1.807, 2.05) is 0 Å². The molecule has 0 bridgehead atoms. The zero-order valence-corrected chi connectivity index (χ0v) is 9.79. The average molecular weight is 257 g/mol. The summed E-state index contributed by atoms with van der Waals surface area (Å²) in [6.45, 7) is 0. The molecule has 0 fully saturated rings. The van der Waals surface area contributed by atoms with Crippen LogP contribution in [0.1, 0.15) is 5.69 Å². The molecule has 0 unspecified atom stereocenters. The van der Waals surface area contributed by atoms with Gasteiger partial charge in [-0.2, -0.15) is 0 Å². The summed E-state index contributed by atoms with van der Waals surface area (Å²) >= 11 is 0. The third kappa shape index (κ3) is 2.65. The van der Waals surface area contributed by atoms with Crippen LogP contribution in [0, 0.1) is 5.41 Å². The van der Waals surface area contributed by atoms with E-state index in [4.69, 9.17) is 16.2 Å². The van der Waals surface area contributed by atoms with Crippen LogP contribution in [0.5, 0.6) is 0 Å². The van der Waals surface area contributed by atoms with Crippen molar-refractivity contribution in [2.45, 2.75) is 0 Å². The van der Waals surface area contributed by atoms with Crippen LogP contribution in [0.4, 0.5) is 0 Å². The Morgan fingerprint density at radius 2 is 2.21 bits per heavy atom. The highest BCUT2D eigenvalue weighted by molar-refractivity contribution is 6.21. The summed E-state index contributed by atoms with van der Waals surface area (Å²) in [5.74, 6) is -1.00. The first-order chi connectivity index (χ1) is 9.09. The molecule has 0 aliphatic carbocycles. The van der Waals surface area contributed by atoms with Crippen LogP contribution in [-0.4, -0.2) is 28.1 Å². The maximum Gasteiger partial charge on any atom is 0.338 e. The Labute approximate surface area is 108 Å². The third-order valence-corrected chi connectivity index (χ3v) is 2.37. The Bertz CT molecular complexity index is 616. The number of aliphatic carboxylic acids is 1. The molecule has 5 N–H and O–H groups in total. The second kappa shape index (κ2) is 5.13. The van der Waals surface area contributed by atoms with Crippen molar-refractivity contribution in [2.24, 2.45) is 10.7 Å². The topological polar surface area (TPSA) is 124 Å². The SMILES string of the molecule is N=C(N)/C(=C1/N=CC(C(=O)O)=CN1)c1ccccn1. The number of pyridine rings is 1. The maximum absolute atomic E-state index is 10.7. The number of nitrogens with one attached hydrogen (secondary N) is 2. The van der Waals surface area contributed by atoms with Gasteiger partial charge in [-0.05, 0) is 12.1 Å². The zero-order chi connectivity index (χ0) is 13.8. The summed E-state index contributed by atoms with van der Waals surface area (Å²) in [4.78, 5) is 18.8. The number of aliphatic imine (C=N–C) groups is 1. The fourth-order valence-electron chi connectivity index (χ4n) is 1.51. The number of nitrogens with two attached hydrogens (primary N) is 1. The van der Waals surface area contributed by atoms with Crippen LogP contribution in [0.2, 0.25) is 0 Å². The molecular weight excluding hydrogens is 246 g/mol. The molecule has 1 aromatic rings. The van der Waals surface area contributed by atoms with E-state index in [0.29, 0.717) is 11.3 Å². The largest absolute Gasteiger partial charge is 0.478 e. The first-order valence-corrected chi connectivity index (χ1v) is 5.33. The van der Waals surface area contributed by atoms with Gasteiger partial charge >= 0.3 is 5.97 Å². The number of aromatic nitrogens is 1. The lowest BCUT2D eigenvalue weighted by atomic mass is 10.1. The number of hydrogen-bond donors (Lipinski definition) is 4. The van der Waals surface area contributed by atoms with Crippen molar-refractivity contribution in [3.63, 3.8) is 0 Å². The highest BCUT2D eigenvalue weighted by atomic mass is 16.4. The molecule has 0 radical (unpaired) electrons. The number of carboxylic acids is 1. The highest BCUT2D eigenvalue weighted by Crippen LogP contribution is 2.17. The molecule has 19 heavy (non-hydrogen) atoms. The monoisotopic (exact) mass is 257 g/mol. The molecule has 1 aliphatic heterocycles. The van der Waals surface area contributed by atoms with E-state index in [0.717, 1.165) is 0 Å². The van der Waals surface area contributed by atoms with E-state index in [9.17, 15) is 4.79 Å². The van der Waals surface area contributed by atoms with Crippen molar-refractivity contribution in [1.29, 1.82) is 5.41 Å². The van der Waals surface area contributed by atoms with Crippen LogP contribution in [-0.2, 0) is 4.79 Å². The van der Waals surface area contributed by atoms with Crippen LogP contribution in [0.15, 0.2) is 47.0 Å². The molecule has 2 heterocycles. The summed E-state index contributed by atoms with van der Waals surface area (Å²) in [5.41, 5.74) is 6.35. The van der Waals surface area contributed by atoms with E-state index >= 15 is 0 Å². The number of nitrogens with zero attached hydrogens (tertiary/aromatic N) is 2. The van der Waals surface area contributed by atoms with Gasteiger partial charge in [-0.3, -0.25) is 10.4 Å². The predicted octanol–water partition coefficient (Wildman–Crippen LogP) is 0.329. The van der Waals surface area contributed by atoms with Gasteiger partial charge in [0.1, 0.15) is 11.7 Å². The van der Waals surface area contributed by atoms with E-state index < -0.39 is 5.97 Å². The van der Waals surface area contributed by atoms with Crippen molar-refractivity contribution < 1.29 is 9.90 Å². The number of amidine groups is 1. The van der Waals surface area contributed by atoms with Gasteiger partial charge in [-0.15, -0.1) is 0 Å². The molecule has 7 nitrogen and oxygen atoms in total. The van der Waals surface area contributed by atoms with Crippen molar-refractivity contribution in [1.82, 2.24) is 10.3 Å². The van der Waals surface area contributed by atoms with Gasteiger partial charge in [-0.1, -0.05) is 6.07 Å². The Balaban J connectivity index is 2.42. The summed E-state index contributed by atoms with van der Waals surface area (Å²) in [5, 5.41) is 19.1. The average Bonchev–Trinajstić information content (AvgIpc) is 2.40. The molecule has 0 atom stereocenters. The fourth-order valence-corrected chi connectivity index (χ4v) is 1.51. The Morgan fingerprint density at radius 3 is 2.68 bits per heavy atom. The predicted molar refractivity (Wildman–Crippen MR) is 70.4 cm³/mol. The normalized spacial score (nSPS) is 16.3. The lowest BCUT2D eigenvalue weighted by molar-refractivity contribution is -0.132. The van der Waals surface area contributed by atoms with Crippen molar-refractivity contribution in [2.75, 3.05) is 0 Å². The summed E-state index contributed by atoms with van der Waals surface area (Å²) in [6, 6.07) is 5.19. The smallest absolute Gasteiger partial charge is 0.338 e. The van der Waals surface area contributed by atoms with Crippen LogP contribution < -0.4 is 11.1 Å². The Kier molecular flexibility index (Phi) is 3.37. The minimum absolute atomic E-state index is 0.0210. The molecule has 0 amide bonds. The molecule has 0 saturated heterocycles. The summed E-state index contributed by atoms with van der Waals surface area (Å²) in [6.07, 6.45) is 4.06. The van der Waals surface area contributed by atoms with Gasteiger partial charge in [0, 0.05) is 18.6 Å². The minimum atomic E-state index is -1.09. The second-order valence-corrected chi connectivity index (χ2v) is 3.66. The maximum atomic E-state index is 10.7. The lowest BCUT2D eigenvalue weighted by Gasteiger charge is -2.13. The first-order valence-electron chi connectivity index (χ1n) is 5.33. The van der Waals surface area contributed by atoms with E-state index in [1.54, 1.807) is 24.4 Å². The van der Waals surface area contributed by atoms with Gasteiger partial charge in [-0.25, -0.2) is 9.79 Å². The molecule has 7 heteroatoms. The van der Waals surface area contributed by atoms with Crippen molar-refractivity contribution in [3.05, 3.63) is 47.7 Å². The zero-order valence-electron chi connectivity index (χ0n) is 9.79. The second-order valence-electron chi connectivity index (χ2n) is 3.66.